The molecule has 0 aliphatic carbocycles. The molecule has 0 unspecified atom stereocenters. The molecule has 1 aliphatic heterocycles. The Labute approximate surface area is 86.1 Å². The number of carbonyl (C=O) groups is 2. The molecule has 6 heteroatoms. The first-order chi connectivity index (χ1) is 7.09. The highest BCUT2D eigenvalue weighted by Crippen LogP contribution is 2.12. The van der Waals surface area contributed by atoms with Crippen molar-refractivity contribution >= 4 is 11.9 Å². The van der Waals surface area contributed by atoms with Gasteiger partial charge < -0.3 is 10.0 Å². The first kappa shape index (κ1) is 9.70. The van der Waals surface area contributed by atoms with Crippen LogP contribution in [0.3, 0.4) is 0 Å². The van der Waals surface area contributed by atoms with Crippen LogP contribution < -0.4 is 0 Å². The molecule has 80 valence electrons. The molecule has 1 saturated heterocycles. The Morgan fingerprint density at radius 3 is 2.53 bits per heavy atom. The van der Waals surface area contributed by atoms with Crippen molar-refractivity contribution in [2.24, 2.45) is 7.05 Å². The number of carboxylic acids is 1. The number of aromatic carboxylic acids is 1. The first-order valence-electron chi connectivity index (χ1n) is 4.66. The minimum absolute atomic E-state index is 0.0267. The van der Waals surface area contributed by atoms with Crippen molar-refractivity contribution in [3.8, 4) is 0 Å². The zero-order valence-electron chi connectivity index (χ0n) is 8.30. The number of rotatable bonds is 2. The Morgan fingerprint density at radius 2 is 2.13 bits per heavy atom. The van der Waals surface area contributed by atoms with E-state index in [1.165, 1.54) is 17.8 Å². The molecular weight excluding hydrogens is 198 g/mol. The van der Waals surface area contributed by atoms with Gasteiger partial charge in [-0.25, -0.2) is 4.79 Å². The van der Waals surface area contributed by atoms with E-state index in [2.05, 4.69) is 5.10 Å². The Balaban J connectivity index is 2.25. The van der Waals surface area contributed by atoms with Crippen LogP contribution in [0.2, 0.25) is 0 Å². The Morgan fingerprint density at radius 1 is 1.47 bits per heavy atom. The molecule has 1 fully saturated rings. The average molecular weight is 209 g/mol. The number of nitrogens with zero attached hydrogens (tertiary/aromatic N) is 3. The van der Waals surface area contributed by atoms with Crippen molar-refractivity contribution < 1.29 is 14.7 Å². The zero-order chi connectivity index (χ0) is 11.0. The fraction of sp³-hybridized carbons (Fsp3) is 0.444. The van der Waals surface area contributed by atoms with E-state index >= 15 is 0 Å². The number of carbonyl (C=O) groups excluding carboxylic acids is 1. The van der Waals surface area contributed by atoms with Crippen LogP contribution in [0, 0.1) is 0 Å². The normalized spacial score (nSPS) is 14.9. The lowest BCUT2D eigenvalue weighted by atomic mass is 10.2. The maximum atomic E-state index is 11.7. The van der Waals surface area contributed by atoms with Gasteiger partial charge in [0.05, 0.1) is 0 Å². The highest BCUT2D eigenvalue weighted by Gasteiger charge is 2.25. The van der Waals surface area contributed by atoms with Gasteiger partial charge in [0.15, 0.2) is 5.69 Å². The highest BCUT2D eigenvalue weighted by atomic mass is 16.4. The molecule has 0 aromatic carbocycles. The van der Waals surface area contributed by atoms with E-state index in [1.807, 2.05) is 0 Å². The summed E-state index contributed by atoms with van der Waals surface area (Å²) in [5.41, 5.74) is 0.230. The van der Waals surface area contributed by atoms with E-state index in [9.17, 15) is 9.59 Å². The topological polar surface area (TPSA) is 75.4 Å². The second-order valence-electron chi connectivity index (χ2n) is 3.49. The van der Waals surface area contributed by atoms with Gasteiger partial charge in [0.2, 0.25) is 0 Å². The molecule has 0 radical (unpaired) electrons. The van der Waals surface area contributed by atoms with Crippen molar-refractivity contribution in [2.75, 3.05) is 13.1 Å². The summed E-state index contributed by atoms with van der Waals surface area (Å²) in [6.45, 7) is 1.47. The summed E-state index contributed by atoms with van der Waals surface area (Å²) in [6.07, 6.45) is 1.00. The van der Waals surface area contributed by atoms with E-state index in [0.29, 0.717) is 0 Å². The van der Waals surface area contributed by atoms with Gasteiger partial charge in [-0.1, -0.05) is 0 Å². The number of aromatic nitrogens is 2. The van der Waals surface area contributed by atoms with Gasteiger partial charge in [0, 0.05) is 26.2 Å². The molecule has 0 spiro atoms. The van der Waals surface area contributed by atoms with Crippen LogP contribution in [0.25, 0.3) is 0 Å². The molecule has 0 atom stereocenters. The third kappa shape index (κ3) is 1.58. The van der Waals surface area contributed by atoms with Crippen molar-refractivity contribution in [1.82, 2.24) is 14.7 Å². The van der Waals surface area contributed by atoms with Crippen LogP contribution in [0.15, 0.2) is 6.07 Å². The Hall–Kier alpha value is -1.85. The fourth-order valence-corrected chi connectivity index (χ4v) is 1.45. The summed E-state index contributed by atoms with van der Waals surface area (Å²) in [7, 11) is 1.51. The van der Waals surface area contributed by atoms with Crippen LogP contribution in [-0.4, -0.2) is 44.8 Å². The molecule has 1 aliphatic rings. The molecule has 6 nitrogen and oxygen atoms in total. The smallest absolute Gasteiger partial charge is 0.354 e. The maximum Gasteiger partial charge on any atom is 0.354 e. The minimum atomic E-state index is -1.08. The van der Waals surface area contributed by atoms with E-state index in [0.717, 1.165) is 19.5 Å². The number of hydrogen-bond acceptors (Lipinski definition) is 3. The minimum Gasteiger partial charge on any atom is -0.477 e. The van der Waals surface area contributed by atoms with Crippen LogP contribution >= 0.6 is 0 Å². The maximum absolute atomic E-state index is 11.7. The van der Waals surface area contributed by atoms with Gasteiger partial charge in [-0.3, -0.25) is 9.48 Å². The summed E-state index contributed by atoms with van der Waals surface area (Å²) in [5.74, 6) is -1.27. The standard InChI is InChI=1S/C9H11N3O3/c1-11-7(9(14)15)5-6(10-11)8(13)12-3-2-4-12/h5H,2-4H2,1H3,(H,14,15). The van der Waals surface area contributed by atoms with E-state index in [1.54, 1.807) is 4.90 Å². The summed E-state index contributed by atoms with van der Waals surface area (Å²) in [4.78, 5) is 24.0. The average Bonchev–Trinajstić information content (AvgIpc) is 2.44. The molecule has 1 aromatic rings. The van der Waals surface area contributed by atoms with Crippen LogP contribution in [0.4, 0.5) is 0 Å². The van der Waals surface area contributed by atoms with E-state index in [-0.39, 0.29) is 17.3 Å². The monoisotopic (exact) mass is 209 g/mol. The van der Waals surface area contributed by atoms with Crippen LogP contribution in [0.1, 0.15) is 27.4 Å². The molecule has 1 amide bonds. The largest absolute Gasteiger partial charge is 0.477 e. The first-order valence-corrected chi connectivity index (χ1v) is 4.66. The second kappa shape index (κ2) is 3.38. The molecule has 0 bridgehead atoms. The molecule has 2 rings (SSSR count). The van der Waals surface area contributed by atoms with Crippen LogP contribution in [0.5, 0.6) is 0 Å². The lowest BCUT2D eigenvalue weighted by Gasteiger charge is -2.29. The summed E-state index contributed by atoms with van der Waals surface area (Å²) in [6, 6.07) is 1.31. The van der Waals surface area contributed by atoms with Crippen LogP contribution in [-0.2, 0) is 7.05 Å². The Kier molecular flexibility index (Phi) is 2.18. The lowest BCUT2D eigenvalue weighted by molar-refractivity contribution is 0.0643. The molecule has 2 heterocycles. The number of hydrogen-bond donors (Lipinski definition) is 1. The van der Waals surface area contributed by atoms with Gasteiger partial charge in [-0.15, -0.1) is 0 Å². The summed E-state index contributed by atoms with van der Waals surface area (Å²) < 4.78 is 1.20. The third-order valence-corrected chi connectivity index (χ3v) is 2.46. The predicted molar refractivity (Wildman–Crippen MR) is 50.7 cm³/mol. The van der Waals surface area contributed by atoms with Gasteiger partial charge >= 0.3 is 5.97 Å². The molecule has 1 aromatic heterocycles. The molecule has 1 N–H and O–H groups in total. The van der Waals surface area contributed by atoms with Crippen molar-refractivity contribution in [2.45, 2.75) is 6.42 Å². The zero-order valence-corrected chi connectivity index (χ0v) is 8.30. The van der Waals surface area contributed by atoms with Gasteiger partial charge in [0.25, 0.3) is 5.91 Å². The number of amides is 1. The third-order valence-electron chi connectivity index (χ3n) is 2.46. The lowest BCUT2D eigenvalue weighted by Crippen LogP contribution is -2.42. The van der Waals surface area contributed by atoms with Crippen molar-refractivity contribution in [1.29, 1.82) is 0 Å². The van der Waals surface area contributed by atoms with E-state index < -0.39 is 5.97 Å². The number of carboxylic acid groups (broad SMARTS) is 1. The SMILES string of the molecule is Cn1nc(C(=O)N2CCC2)cc1C(=O)O. The van der Waals surface area contributed by atoms with Gasteiger partial charge in [-0.05, 0) is 6.42 Å². The number of likely N-dealkylation sites (tertiary alicyclic amines) is 1. The second-order valence-corrected chi connectivity index (χ2v) is 3.49. The van der Waals surface area contributed by atoms with Crippen molar-refractivity contribution in [3.63, 3.8) is 0 Å². The van der Waals surface area contributed by atoms with Gasteiger partial charge in [-0.2, -0.15) is 5.10 Å². The van der Waals surface area contributed by atoms with Crippen molar-refractivity contribution in [3.05, 3.63) is 17.5 Å². The summed E-state index contributed by atoms with van der Waals surface area (Å²) >= 11 is 0. The number of aryl methyl sites for hydroxylation is 1. The molecule has 15 heavy (non-hydrogen) atoms. The quantitative estimate of drug-likeness (QED) is 0.741. The fourth-order valence-electron chi connectivity index (χ4n) is 1.45. The highest BCUT2D eigenvalue weighted by molar-refractivity contribution is 5.95. The van der Waals surface area contributed by atoms with E-state index in [4.69, 9.17) is 5.11 Å². The predicted octanol–water partition coefficient (Wildman–Crippen LogP) is -0.0358. The summed E-state index contributed by atoms with van der Waals surface area (Å²) in [5, 5.41) is 12.7. The molecular formula is C9H11N3O3. The molecule has 0 saturated carbocycles. The van der Waals surface area contributed by atoms with Gasteiger partial charge in [0.1, 0.15) is 5.69 Å². The Bertz CT molecular complexity index is 420.